The standard InChI is InChI=1S/C39H54FNO5/c1-39-23-32(40)38-30-14-13-29(42)22-28(30)21-27(37(38)31(39)15-17-35(39)43)11-7-8-18-41(24-25-9-5-4-6-10-25)36(44)20-26-12-16-33(45-2)34(19-26)46-3/h12-14,16,19,22,25,27,31-32,35,37-38,42-43H,4-11,15,17-18,20-21,23-24H2,1-3H3/t27-,31+,32+,35+,37+,38+,39+/m1/s1. The van der Waals surface area contributed by atoms with E-state index in [1.807, 2.05) is 30.3 Å². The zero-order chi connectivity index (χ0) is 32.4. The minimum atomic E-state index is -0.995. The molecule has 0 radical (unpaired) electrons. The number of phenolic OH excluding ortho intramolecular Hbond substituents is 1. The summed E-state index contributed by atoms with van der Waals surface area (Å²) in [6, 6.07) is 11.2. The van der Waals surface area contributed by atoms with Crippen molar-refractivity contribution in [3.05, 3.63) is 53.1 Å². The summed E-state index contributed by atoms with van der Waals surface area (Å²) >= 11 is 0. The lowest BCUT2D eigenvalue weighted by Crippen LogP contribution is -2.51. The van der Waals surface area contributed by atoms with Gasteiger partial charge in [-0.05, 0) is 121 Å². The Labute approximate surface area is 274 Å². The summed E-state index contributed by atoms with van der Waals surface area (Å²) in [4.78, 5) is 15.9. The van der Waals surface area contributed by atoms with Gasteiger partial charge in [0.15, 0.2) is 11.5 Å². The molecule has 3 saturated carbocycles. The molecule has 2 aromatic rings. The number of carbonyl (C=O) groups is 1. The summed E-state index contributed by atoms with van der Waals surface area (Å²) < 4.78 is 27.0. The van der Waals surface area contributed by atoms with E-state index in [0.29, 0.717) is 42.1 Å². The van der Waals surface area contributed by atoms with Crippen molar-refractivity contribution in [3.8, 4) is 17.2 Å². The van der Waals surface area contributed by atoms with Gasteiger partial charge in [0.25, 0.3) is 0 Å². The van der Waals surface area contributed by atoms with E-state index < -0.39 is 12.3 Å². The SMILES string of the molecule is COc1ccc(CC(=O)N(CCCC[C@@H]2Cc3cc(O)ccc3[C@@H]3[C@@H]2[C@@H]2CC[C@H](O)[C@@]2(C)C[C@@H]3F)CC2CCCCC2)cc1OC. The van der Waals surface area contributed by atoms with Gasteiger partial charge in [-0.2, -0.15) is 0 Å². The van der Waals surface area contributed by atoms with Gasteiger partial charge < -0.3 is 24.6 Å². The lowest BCUT2D eigenvalue weighted by molar-refractivity contribution is -0.131. The number of unbranched alkanes of at least 4 members (excludes halogenated alkanes) is 1. The second-order valence-corrected chi connectivity index (χ2v) is 15.1. The third kappa shape index (κ3) is 6.63. The van der Waals surface area contributed by atoms with E-state index in [1.54, 1.807) is 20.3 Å². The molecular formula is C39H54FNO5. The highest BCUT2D eigenvalue weighted by atomic mass is 19.1. The molecule has 3 fully saturated rings. The summed E-state index contributed by atoms with van der Waals surface area (Å²) in [6.45, 7) is 3.66. The zero-order valence-electron chi connectivity index (χ0n) is 28.1. The van der Waals surface area contributed by atoms with Gasteiger partial charge in [-0.1, -0.05) is 44.7 Å². The van der Waals surface area contributed by atoms with Crippen LogP contribution in [0.5, 0.6) is 17.2 Å². The number of halogens is 1. The van der Waals surface area contributed by atoms with Crippen LogP contribution in [-0.2, 0) is 17.6 Å². The summed E-state index contributed by atoms with van der Waals surface area (Å²) in [6.07, 6.45) is 10.8. The van der Waals surface area contributed by atoms with E-state index in [9.17, 15) is 15.0 Å². The van der Waals surface area contributed by atoms with Crippen molar-refractivity contribution < 1.29 is 28.9 Å². The van der Waals surface area contributed by atoms with Crippen LogP contribution >= 0.6 is 0 Å². The van der Waals surface area contributed by atoms with Gasteiger partial charge in [0, 0.05) is 19.0 Å². The number of alkyl halides is 1. The van der Waals surface area contributed by atoms with Crippen LogP contribution in [0.1, 0.15) is 100 Å². The smallest absolute Gasteiger partial charge is 0.227 e. The molecular weight excluding hydrogens is 581 g/mol. The predicted molar refractivity (Wildman–Crippen MR) is 178 cm³/mol. The van der Waals surface area contributed by atoms with Crippen molar-refractivity contribution >= 4 is 5.91 Å². The first-order chi connectivity index (χ1) is 22.2. The molecule has 0 spiro atoms. The van der Waals surface area contributed by atoms with E-state index in [-0.39, 0.29) is 28.9 Å². The second kappa shape index (κ2) is 14.1. The molecule has 252 valence electrons. The maximum atomic E-state index is 16.2. The van der Waals surface area contributed by atoms with Crippen LogP contribution in [0.3, 0.4) is 0 Å². The van der Waals surface area contributed by atoms with Gasteiger partial charge in [0.05, 0.1) is 26.7 Å². The number of benzene rings is 2. The number of amides is 1. The molecule has 0 aromatic heterocycles. The number of phenols is 1. The maximum absolute atomic E-state index is 16.2. The molecule has 6 nitrogen and oxygen atoms in total. The molecule has 0 saturated heterocycles. The number of carbonyl (C=O) groups excluding carboxylic acids is 1. The van der Waals surface area contributed by atoms with Crippen LogP contribution < -0.4 is 9.47 Å². The van der Waals surface area contributed by atoms with Crippen LogP contribution in [-0.4, -0.2) is 60.6 Å². The first-order valence-corrected chi connectivity index (χ1v) is 17.8. The normalized spacial score (nSPS) is 30.6. The molecule has 7 heteroatoms. The van der Waals surface area contributed by atoms with Gasteiger partial charge in [-0.15, -0.1) is 0 Å². The molecule has 0 heterocycles. The molecule has 1 amide bonds. The van der Waals surface area contributed by atoms with Crippen LogP contribution in [0.2, 0.25) is 0 Å². The minimum absolute atomic E-state index is 0.156. The Morgan fingerprint density at radius 1 is 1.00 bits per heavy atom. The molecule has 6 rings (SSSR count). The minimum Gasteiger partial charge on any atom is -0.508 e. The number of hydrogen-bond acceptors (Lipinski definition) is 5. The average molecular weight is 636 g/mol. The fourth-order valence-electron chi connectivity index (χ4n) is 10.0. The number of methoxy groups -OCH3 is 2. The number of aromatic hydroxyl groups is 1. The van der Waals surface area contributed by atoms with Gasteiger partial charge in [0.2, 0.25) is 5.91 Å². The van der Waals surface area contributed by atoms with E-state index >= 15 is 4.39 Å². The molecule has 0 aliphatic heterocycles. The molecule has 2 aromatic carbocycles. The maximum Gasteiger partial charge on any atom is 0.227 e. The number of hydrogen-bond donors (Lipinski definition) is 2. The van der Waals surface area contributed by atoms with Crippen molar-refractivity contribution in [3.63, 3.8) is 0 Å². The van der Waals surface area contributed by atoms with E-state index in [0.717, 1.165) is 68.3 Å². The monoisotopic (exact) mass is 635 g/mol. The Morgan fingerprint density at radius 2 is 1.78 bits per heavy atom. The lowest BCUT2D eigenvalue weighted by atomic mass is 9.51. The second-order valence-electron chi connectivity index (χ2n) is 15.1. The molecule has 4 aliphatic rings. The van der Waals surface area contributed by atoms with Crippen molar-refractivity contribution in [2.24, 2.45) is 29.1 Å². The highest BCUT2D eigenvalue weighted by Crippen LogP contribution is 2.63. The molecule has 0 unspecified atom stereocenters. The molecule has 0 bridgehead atoms. The van der Waals surface area contributed by atoms with Crippen LogP contribution in [0.15, 0.2) is 36.4 Å². The van der Waals surface area contributed by atoms with Crippen LogP contribution in [0, 0.1) is 29.1 Å². The number of aliphatic hydroxyl groups excluding tert-OH is 1. The number of ether oxygens (including phenoxy) is 2. The van der Waals surface area contributed by atoms with E-state index in [2.05, 4.69) is 11.8 Å². The van der Waals surface area contributed by atoms with Gasteiger partial charge >= 0.3 is 0 Å². The van der Waals surface area contributed by atoms with E-state index in [1.165, 1.54) is 32.1 Å². The van der Waals surface area contributed by atoms with Crippen LogP contribution in [0.25, 0.3) is 0 Å². The summed E-state index contributed by atoms with van der Waals surface area (Å²) in [5.41, 5.74) is 2.70. The topological polar surface area (TPSA) is 79.2 Å². The summed E-state index contributed by atoms with van der Waals surface area (Å²) in [7, 11) is 3.23. The third-order valence-electron chi connectivity index (χ3n) is 12.4. The summed E-state index contributed by atoms with van der Waals surface area (Å²) in [5.74, 6) is 2.86. The fourth-order valence-corrected chi connectivity index (χ4v) is 10.0. The van der Waals surface area contributed by atoms with Gasteiger partial charge in [-0.25, -0.2) is 4.39 Å². The number of nitrogens with zero attached hydrogens (tertiary/aromatic N) is 1. The Balaban J connectivity index is 1.15. The predicted octanol–water partition coefficient (Wildman–Crippen LogP) is 7.62. The average Bonchev–Trinajstić information content (AvgIpc) is 3.35. The van der Waals surface area contributed by atoms with E-state index in [4.69, 9.17) is 9.47 Å². The van der Waals surface area contributed by atoms with Crippen molar-refractivity contribution in [2.45, 2.75) is 109 Å². The van der Waals surface area contributed by atoms with Gasteiger partial charge in [-0.3, -0.25) is 4.79 Å². The first kappa shape index (κ1) is 33.1. The Bertz CT molecular complexity index is 1360. The zero-order valence-corrected chi connectivity index (χ0v) is 28.1. The largest absolute Gasteiger partial charge is 0.508 e. The highest BCUT2D eigenvalue weighted by Gasteiger charge is 2.59. The molecule has 46 heavy (non-hydrogen) atoms. The first-order valence-electron chi connectivity index (χ1n) is 17.8. The molecule has 4 aliphatic carbocycles. The molecule has 7 atom stereocenters. The number of rotatable bonds is 11. The van der Waals surface area contributed by atoms with Crippen LogP contribution in [0.4, 0.5) is 4.39 Å². The van der Waals surface area contributed by atoms with Crippen molar-refractivity contribution in [1.82, 2.24) is 4.90 Å². The fraction of sp³-hybridized carbons (Fsp3) is 0.667. The number of aliphatic hydroxyl groups is 1. The highest BCUT2D eigenvalue weighted by molar-refractivity contribution is 5.79. The van der Waals surface area contributed by atoms with Gasteiger partial charge in [0.1, 0.15) is 11.9 Å². The molecule has 2 N–H and O–H groups in total. The Hall–Kier alpha value is -2.80. The lowest BCUT2D eigenvalue weighted by Gasteiger charge is -2.54. The Morgan fingerprint density at radius 3 is 2.54 bits per heavy atom. The summed E-state index contributed by atoms with van der Waals surface area (Å²) in [5, 5.41) is 21.3. The Kier molecular flexibility index (Phi) is 10.2. The van der Waals surface area contributed by atoms with Crippen molar-refractivity contribution in [2.75, 3.05) is 27.3 Å². The third-order valence-corrected chi connectivity index (χ3v) is 12.4. The van der Waals surface area contributed by atoms with Crippen molar-refractivity contribution in [1.29, 1.82) is 0 Å². The number of fused-ring (bicyclic) bond motifs is 5. The quantitative estimate of drug-likeness (QED) is 0.249.